The number of hydrogen-bond donors (Lipinski definition) is 0. The molecule has 0 saturated carbocycles. The van der Waals surface area contributed by atoms with Crippen molar-refractivity contribution >= 4 is 12.2 Å². The lowest BCUT2D eigenvalue weighted by molar-refractivity contribution is 0.558. The fourth-order valence-corrected chi connectivity index (χ4v) is 1.33. The van der Waals surface area contributed by atoms with E-state index in [2.05, 4.69) is 23.8 Å². The maximum absolute atomic E-state index is 9.63. The Morgan fingerprint density at radius 1 is 0.667 bits per heavy atom. The molecule has 0 bridgehead atoms. The molecule has 0 aliphatic heterocycles. The summed E-state index contributed by atoms with van der Waals surface area (Å²) in [5.41, 5.74) is 0. The summed E-state index contributed by atoms with van der Waals surface area (Å²) in [5, 5.41) is 0. The normalized spacial score (nSPS) is 8.56. The summed E-state index contributed by atoms with van der Waals surface area (Å²) >= 11 is 0. The molecule has 0 heterocycles. The van der Waals surface area contributed by atoms with E-state index in [0.717, 1.165) is 25.7 Å². The minimum atomic E-state index is 0.556. The van der Waals surface area contributed by atoms with Gasteiger partial charge in [-0.25, -0.2) is 19.6 Å². The quantitative estimate of drug-likeness (QED) is 0.338. The molecule has 0 aliphatic rings. The van der Waals surface area contributed by atoms with Crippen LogP contribution >= 0.6 is 0 Å². The Morgan fingerprint density at radius 2 is 1.06 bits per heavy atom. The first kappa shape index (κ1) is 19.1. The number of aliphatic imine (C=N–C) groups is 2. The third-order valence-corrected chi connectivity index (χ3v) is 2.38. The van der Waals surface area contributed by atoms with Gasteiger partial charge in [0.25, 0.3) is 0 Å². The molecule has 0 N–H and O–H groups in total. The van der Waals surface area contributed by atoms with Crippen LogP contribution in [0.4, 0.5) is 0 Å². The molecule has 0 spiro atoms. The number of carbonyl (C=O) groups excluding carboxylic acids is 2. The standard InChI is InChI=1S/C8H12N2O2.C6H14/c11-7-9-5-3-1-2-4-6-10-8-12;1-3-5-6-4-2/h1-6H2;3-6H2,1-2H3. The first-order valence-electron chi connectivity index (χ1n) is 6.90. The lowest BCUT2D eigenvalue weighted by Crippen LogP contribution is -1.84. The van der Waals surface area contributed by atoms with Crippen molar-refractivity contribution in [1.29, 1.82) is 0 Å². The highest BCUT2D eigenvalue weighted by molar-refractivity contribution is 5.32. The van der Waals surface area contributed by atoms with Gasteiger partial charge in [0, 0.05) is 0 Å². The van der Waals surface area contributed by atoms with Gasteiger partial charge in [0.15, 0.2) is 0 Å². The van der Waals surface area contributed by atoms with Crippen molar-refractivity contribution < 1.29 is 9.59 Å². The van der Waals surface area contributed by atoms with Gasteiger partial charge >= 0.3 is 0 Å². The van der Waals surface area contributed by atoms with E-state index in [1.54, 1.807) is 0 Å². The molecule has 0 rings (SSSR count). The van der Waals surface area contributed by atoms with Crippen molar-refractivity contribution in [3.63, 3.8) is 0 Å². The SMILES string of the molecule is CCCCCC.O=C=NCCCCCCN=C=O. The van der Waals surface area contributed by atoms with Gasteiger partial charge in [0.1, 0.15) is 0 Å². The van der Waals surface area contributed by atoms with Crippen LogP contribution in [0.2, 0.25) is 0 Å². The Labute approximate surface area is 111 Å². The smallest absolute Gasteiger partial charge is 0.211 e. The Kier molecular flexibility index (Phi) is 22.4. The predicted molar refractivity (Wildman–Crippen MR) is 74.3 cm³/mol. The third-order valence-electron chi connectivity index (χ3n) is 2.38. The second-order valence-corrected chi connectivity index (χ2v) is 4.07. The molecular formula is C14H26N2O2. The highest BCUT2D eigenvalue weighted by Crippen LogP contribution is 1.99. The Bertz CT molecular complexity index is 216. The average Bonchev–Trinajstić information content (AvgIpc) is 2.40. The zero-order valence-electron chi connectivity index (χ0n) is 11.8. The fraction of sp³-hybridized carbons (Fsp3) is 0.857. The molecule has 0 fully saturated rings. The number of isocyanates is 2. The van der Waals surface area contributed by atoms with Gasteiger partial charge in [-0.15, -0.1) is 0 Å². The molecule has 0 aromatic heterocycles. The molecule has 0 unspecified atom stereocenters. The number of rotatable bonds is 10. The second-order valence-electron chi connectivity index (χ2n) is 4.07. The van der Waals surface area contributed by atoms with E-state index < -0.39 is 0 Å². The molecule has 0 aromatic rings. The third kappa shape index (κ3) is 24.1. The van der Waals surface area contributed by atoms with Crippen LogP contribution in [0.3, 0.4) is 0 Å². The van der Waals surface area contributed by atoms with Gasteiger partial charge in [-0.05, 0) is 12.8 Å². The fourth-order valence-electron chi connectivity index (χ4n) is 1.33. The maximum Gasteiger partial charge on any atom is 0.234 e. The van der Waals surface area contributed by atoms with Crippen LogP contribution in [-0.4, -0.2) is 25.2 Å². The van der Waals surface area contributed by atoms with Crippen molar-refractivity contribution in [3.05, 3.63) is 0 Å². The van der Waals surface area contributed by atoms with Crippen LogP contribution in [-0.2, 0) is 9.59 Å². The molecule has 104 valence electrons. The molecule has 0 atom stereocenters. The van der Waals surface area contributed by atoms with Gasteiger partial charge in [-0.2, -0.15) is 0 Å². The van der Waals surface area contributed by atoms with Crippen molar-refractivity contribution in [1.82, 2.24) is 0 Å². The van der Waals surface area contributed by atoms with Gasteiger partial charge in [0.2, 0.25) is 12.2 Å². The molecule has 0 amide bonds. The van der Waals surface area contributed by atoms with Gasteiger partial charge in [0.05, 0.1) is 13.1 Å². The summed E-state index contributed by atoms with van der Waals surface area (Å²) < 4.78 is 0. The Balaban J connectivity index is 0. The summed E-state index contributed by atoms with van der Waals surface area (Å²) in [4.78, 5) is 26.1. The molecule has 18 heavy (non-hydrogen) atoms. The van der Waals surface area contributed by atoms with Gasteiger partial charge in [-0.1, -0.05) is 52.4 Å². The first-order valence-corrected chi connectivity index (χ1v) is 6.90. The van der Waals surface area contributed by atoms with Gasteiger partial charge in [-0.3, -0.25) is 0 Å². The highest BCUT2D eigenvalue weighted by atomic mass is 16.1. The van der Waals surface area contributed by atoms with Crippen molar-refractivity contribution in [2.75, 3.05) is 13.1 Å². The summed E-state index contributed by atoms with van der Waals surface area (Å²) in [6.45, 7) is 5.58. The molecule has 0 aliphatic carbocycles. The van der Waals surface area contributed by atoms with E-state index in [9.17, 15) is 9.59 Å². The van der Waals surface area contributed by atoms with E-state index in [-0.39, 0.29) is 0 Å². The van der Waals surface area contributed by atoms with E-state index in [1.807, 2.05) is 0 Å². The molecular weight excluding hydrogens is 228 g/mol. The summed E-state index contributed by atoms with van der Waals surface area (Å²) in [5.74, 6) is 0. The zero-order valence-corrected chi connectivity index (χ0v) is 11.8. The van der Waals surface area contributed by atoms with Crippen LogP contribution in [0.5, 0.6) is 0 Å². The predicted octanol–water partition coefficient (Wildman–Crippen LogP) is 3.81. The van der Waals surface area contributed by atoms with E-state index in [0.29, 0.717) is 13.1 Å². The minimum absolute atomic E-state index is 0.556. The van der Waals surface area contributed by atoms with Gasteiger partial charge < -0.3 is 0 Å². The monoisotopic (exact) mass is 254 g/mol. The number of unbranched alkanes of at least 4 members (excludes halogenated alkanes) is 6. The van der Waals surface area contributed by atoms with E-state index in [4.69, 9.17) is 0 Å². The number of nitrogens with zero attached hydrogens (tertiary/aromatic N) is 2. The lowest BCUT2D eigenvalue weighted by Gasteiger charge is -1.93. The minimum Gasteiger partial charge on any atom is -0.211 e. The van der Waals surface area contributed by atoms with Crippen molar-refractivity contribution in [2.24, 2.45) is 9.98 Å². The van der Waals surface area contributed by atoms with Crippen LogP contribution in [0.15, 0.2) is 9.98 Å². The van der Waals surface area contributed by atoms with E-state index in [1.165, 1.54) is 37.8 Å². The average molecular weight is 254 g/mol. The van der Waals surface area contributed by atoms with Crippen LogP contribution in [0, 0.1) is 0 Å². The molecule has 0 radical (unpaired) electrons. The highest BCUT2D eigenvalue weighted by Gasteiger charge is 1.87. The van der Waals surface area contributed by atoms with Crippen LogP contribution < -0.4 is 0 Å². The summed E-state index contributed by atoms with van der Waals surface area (Å²) in [6, 6.07) is 0. The van der Waals surface area contributed by atoms with Crippen LogP contribution in [0.1, 0.15) is 65.2 Å². The Morgan fingerprint density at radius 3 is 1.33 bits per heavy atom. The molecule has 4 heteroatoms. The zero-order chi connectivity index (χ0) is 13.9. The van der Waals surface area contributed by atoms with Crippen molar-refractivity contribution in [3.8, 4) is 0 Å². The molecule has 4 nitrogen and oxygen atoms in total. The maximum atomic E-state index is 9.63. The number of hydrogen-bond acceptors (Lipinski definition) is 4. The van der Waals surface area contributed by atoms with E-state index >= 15 is 0 Å². The first-order chi connectivity index (χ1) is 8.83. The second kappa shape index (κ2) is 21.1. The topological polar surface area (TPSA) is 58.9 Å². The largest absolute Gasteiger partial charge is 0.234 e. The lowest BCUT2D eigenvalue weighted by atomic mass is 10.2. The summed E-state index contributed by atoms with van der Waals surface area (Å²) in [6.07, 6.45) is 12.3. The summed E-state index contributed by atoms with van der Waals surface area (Å²) in [7, 11) is 0. The van der Waals surface area contributed by atoms with Crippen LogP contribution in [0.25, 0.3) is 0 Å². The molecule has 0 saturated heterocycles. The van der Waals surface area contributed by atoms with Crippen molar-refractivity contribution in [2.45, 2.75) is 65.2 Å². The Hall–Kier alpha value is -1.24. The molecule has 0 aromatic carbocycles.